The van der Waals surface area contributed by atoms with Gasteiger partial charge in [-0.2, -0.15) is 5.26 Å². The molecule has 0 spiro atoms. The van der Waals surface area contributed by atoms with E-state index in [4.69, 9.17) is 4.74 Å². The van der Waals surface area contributed by atoms with Crippen molar-refractivity contribution in [1.29, 1.82) is 5.26 Å². The Kier molecular flexibility index (Phi) is 6.06. The number of benzene rings is 2. The Labute approximate surface area is 210 Å². The highest BCUT2D eigenvalue weighted by Gasteiger charge is 2.57. The molecule has 1 aliphatic carbocycles. The summed E-state index contributed by atoms with van der Waals surface area (Å²) in [6, 6.07) is 14.2. The van der Waals surface area contributed by atoms with Crippen molar-refractivity contribution in [2.24, 2.45) is 0 Å². The summed E-state index contributed by atoms with van der Waals surface area (Å²) in [5.74, 6) is -4.29. The van der Waals surface area contributed by atoms with Gasteiger partial charge in [0.15, 0.2) is 5.13 Å². The fourth-order valence-corrected chi connectivity index (χ4v) is 5.01. The molecule has 36 heavy (non-hydrogen) atoms. The van der Waals surface area contributed by atoms with Crippen LogP contribution in [0.4, 0.5) is 13.9 Å². The molecule has 3 aromatic rings. The van der Waals surface area contributed by atoms with Crippen molar-refractivity contribution in [3.8, 4) is 17.3 Å². The molecule has 5 rings (SSSR count). The number of amides is 2. The van der Waals surface area contributed by atoms with Gasteiger partial charge >= 0.3 is 0 Å². The second-order valence-corrected chi connectivity index (χ2v) is 10.1. The predicted molar refractivity (Wildman–Crippen MR) is 130 cm³/mol. The molecule has 2 heterocycles. The number of nitriles is 1. The van der Waals surface area contributed by atoms with Gasteiger partial charge in [0.25, 0.3) is 11.8 Å². The van der Waals surface area contributed by atoms with Crippen molar-refractivity contribution in [3.05, 3.63) is 70.1 Å². The Morgan fingerprint density at radius 2 is 2.08 bits per heavy atom. The van der Waals surface area contributed by atoms with Crippen LogP contribution in [0.5, 0.6) is 0 Å². The van der Waals surface area contributed by atoms with Gasteiger partial charge in [0, 0.05) is 22.9 Å². The molecule has 1 saturated carbocycles. The maximum Gasteiger partial charge on any atom is 0.255 e. The van der Waals surface area contributed by atoms with Crippen LogP contribution >= 0.6 is 11.3 Å². The standard InChI is InChI=1S/C26H22F2N4O3S/c1-25(13-29)14-35-11-18-6-5-17(8-19(18)25)23(34)30-10-22(33)32-24-31-21(12-36-24)16-4-2-3-15(7-16)20-9-26(20,27)28/h2-8,12,20H,9-11,14H2,1H3,(H,30,34)(H,31,32,33)/t20-,25+/m0/s1. The topological polar surface area (TPSA) is 104 Å². The zero-order valence-corrected chi connectivity index (χ0v) is 20.1. The lowest BCUT2D eigenvalue weighted by molar-refractivity contribution is -0.115. The van der Waals surface area contributed by atoms with Crippen molar-refractivity contribution >= 4 is 28.3 Å². The third kappa shape index (κ3) is 4.72. The van der Waals surface area contributed by atoms with Crippen molar-refractivity contribution in [3.63, 3.8) is 0 Å². The molecule has 2 aliphatic rings. The van der Waals surface area contributed by atoms with Crippen LogP contribution in [-0.4, -0.2) is 35.9 Å². The molecule has 0 unspecified atom stereocenters. The lowest BCUT2D eigenvalue weighted by Crippen LogP contribution is -2.34. The molecular formula is C26H22F2N4O3S. The van der Waals surface area contributed by atoms with Gasteiger partial charge in [0.05, 0.1) is 37.4 Å². The summed E-state index contributed by atoms with van der Waals surface area (Å²) in [4.78, 5) is 29.4. The average Bonchev–Trinajstić information content (AvgIpc) is 3.28. The van der Waals surface area contributed by atoms with Crippen molar-refractivity contribution < 1.29 is 23.1 Å². The first-order valence-corrected chi connectivity index (χ1v) is 12.2. The first-order valence-electron chi connectivity index (χ1n) is 11.3. The average molecular weight is 509 g/mol. The summed E-state index contributed by atoms with van der Waals surface area (Å²) in [6.07, 6.45) is -0.141. The summed E-state index contributed by atoms with van der Waals surface area (Å²) in [7, 11) is 0. The first kappa shape index (κ1) is 24.0. The second-order valence-electron chi connectivity index (χ2n) is 9.22. The number of carbonyl (C=O) groups is 2. The summed E-state index contributed by atoms with van der Waals surface area (Å²) in [6.45, 7) is 2.12. The van der Waals surface area contributed by atoms with E-state index >= 15 is 0 Å². The molecule has 1 aromatic heterocycles. The molecule has 0 saturated heterocycles. The number of nitrogens with zero attached hydrogens (tertiary/aromatic N) is 2. The minimum Gasteiger partial charge on any atom is -0.375 e. The lowest BCUT2D eigenvalue weighted by Gasteiger charge is -2.30. The summed E-state index contributed by atoms with van der Waals surface area (Å²) < 4.78 is 32.3. The number of hydrogen-bond donors (Lipinski definition) is 2. The van der Waals surface area contributed by atoms with Gasteiger partial charge in [-0.3, -0.25) is 9.59 Å². The van der Waals surface area contributed by atoms with Gasteiger partial charge in [-0.25, -0.2) is 13.8 Å². The molecule has 2 atom stereocenters. The van der Waals surface area contributed by atoms with Crippen LogP contribution in [0.15, 0.2) is 47.8 Å². The second kappa shape index (κ2) is 9.08. The number of ether oxygens (including phenoxy) is 1. The van der Waals surface area contributed by atoms with Gasteiger partial charge in [0.1, 0.15) is 5.41 Å². The number of anilines is 1. The van der Waals surface area contributed by atoms with E-state index < -0.39 is 29.1 Å². The Morgan fingerprint density at radius 3 is 2.83 bits per heavy atom. The molecular weight excluding hydrogens is 486 g/mol. The van der Waals surface area contributed by atoms with E-state index in [0.717, 1.165) is 11.1 Å². The smallest absolute Gasteiger partial charge is 0.255 e. The van der Waals surface area contributed by atoms with Crippen LogP contribution in [0.3, 0.4) is 0 Å². The molecule has 1 fully saturated rings. The molecule has 0 radical (unpaired) electrons. The number of carbonyl (C=O) groups excluding carboxylic acids is 2. The van der Waals surface area contributed by atoms with Crippen LogP contribution in [0.1, 0.15) is 46.3 Å². The normalized spacial score (nSPS) is 21.7. The van der Waals surface area contributed by atoms with Crippen molar-refractivity contribution in [1.82, 2.24) is 10.3 Å². The van der Waals surface area contributed by atoms with E-state index in [9.17, 15) is 23.6 Å². The van der Waals surface area contributed by atoms with E-state index in [1.807, 2.05) is 0 Å². The molecule has 184 valence electrons. The fourth-order valence-electron chi connectivity index (χ4n) is 4.27. The zero-order chi connectivity index (χ0) is 25.5. The van der Waals surface area contributed by atoms with Gasteiger partial charge in [0.2, 0.25) is 5.91 Å². The highest BCUT2D eigenvalue weighted by Crippen LogP contribution is 2.56. The van der Waals surface area contributed by atoms with Crippen LogP contribution in [0, 0.1) is 11.3 Å². The quantitative estimate of drug-likeness (QED) is 0.506. The molecule has 0 bridgehead atoms. The maximum atomic E-state index is 13.4. The molecule has 10 heteroatoms. The highest BCUT2D eigenvalue weighted by atomic mass is 32.1. The van der Waals surface area contributed by atoms with Crippen LogP contribution < -0.4 is 10.6 Å². The van der Waals surface area contributed by atoms with Gasteiger partial charge in [-0.1, -0.05) is 24.3 Å². The van der Waals surface area contributed by atoms with Gasteiger partial charge in [-0.15, -0.1) is 11.3 Å². The van der Waals surface area contributed by atoms with Gasteiger partial charge in [-0.05, 0) is 41.8 Å². The Bertz CT molecular complexity index is 1400. The predicted octanol–water partition coefficient (Wildman–Crippen LogP) is 4.61. The SMILES string of the molecule is C[C@@]1(C#N)COCc2ccc(C(=O)NCC(=O)Nc3nc(-c4cccc([C@@H]5CC5(F)F)c4)cs3)cc21. The van der Waals surface area contributed by atoms with Crippen LogP contribution in [0.2, 0.25) is 0 Å². The molecule has 1 aliphatic heterocycles. The largest absolute Gasteiger partial charge is 0.375 e. The summed E-state index contributed by atoms with van der Waals surface area (Å²) in [5, 5.41) is 16.9. The van der Waals surface area contributed by atoms with Crippen LogP contribution in [0.25, 0.3) is 11.3 Å². The third-order valence-corrected chi connectivity index (χ3v) is 7.19. The number of rotatable bonds is 6. The maximum absolute atomic E-state index is 13.4. The number of thiazole rings is 1. The van der Waals surface area contributed by atoms with Crippen molar-refractivity contribution in [2.75, 3.05) is 18.5 Å². The monoisotopic (exact) mass is 508 g/mol. The van der Waals surface area contributed by atoms with Crippen LogP contribution in [-0.2, 0) is 21.6 Å². The number of hydrogen-bond acceptors (Lipinski definition) is 6. The minimum absolute atomic E-state index is 0.141. The number of nitrogens with one attached hydrogen (secondary N) is 2. The Morgan fingerprint density at radius 1 is 1.28 bits per heavy atom. The molecule has 2 amide bonds. The minimum atomic E-state index is -2.65. The van der Waals surface area contributed by atoms with Gasteiger partial charge < -0.3 is 15.4 Å². The van der Waals surface area contributed by atoms with E-state index in [-0.39, 0.29) is 19.6 Å². The zero-order valence-electron chi connectivity index (χ0n) is 19.3. The van der Waals surface area contributed by atoms with E-state index in [2.05, 4.69) is 21.7 Å². The number of fused-ring (bicyclic) bond motifs is 1. The molecule has 2 N–H and O–H groups in total. The molecule has 7 nitrogen and oxygen atoms in total. The molecule has 2 aromatic carbocycles. The summed E-state index contributed by atoms with van der Waals surface area (Å²) in [5.41, 5.74) is 2.95. The van der Waals surface area contributed by atoms with E-state index in [1.165, 1.54) is 11.3 Å². The fraction of sp³-hybridized carbons (Fsp3) is 0.308. The third-order valence-electron chi connectivity index (χ3n) is 6.43. The number of aromatic nitrogens is 1. The Balaban J connectivity index is 1.19. The first-order chi connectivity index (χ1) is 17.2. The number of halogens is 2. The highest BCUT2D eigenvalue weighted by molar-refractivity contribution is 7.14. The summed E-state index contributed by atoms with van der Waals surface area (Å²) >= 11 is 1.20. The van der Waals surface area contributed by atoms with E-state index in [1.54, 1.807) is 54.8 Å². The van der Waals surface area contributed by atoms with E-state index in [0.29, 0.717) is 34.1 Å². The number of alkyl halides is 2. The lowest BCUT2D eigenvalue weighted by atomic mass is 9.79. The Hall–Kier alpha value is -3.68. The van der Waals surface area contributed by atoms with Crippen molar-refractivity contribution in [2.45, 2.75) is 37.2 Å².